The fourth-order valence-corrected chi connectivity index (χ4v) is 2.18. The van der Waals surface area contributed by atoms with Crippen LogP contribution >= 0.6 is 0 Å². The van der Waals surface area contributed by atoms with Crippen molar-refractivity contribution in [3.8, 4) is 16.9 Å². The first kappa shape index (κ1) is 10.9. The number of aliphatic hydroxyl groups excluding tert-OH is 2. The molecule has 18 heavy (non-hydrogen) atoms. The molecule has 0 bridgehead atoms. The van der Waals surface area contributed by atoms with Gasteiger partial charge in [-0.25, -0.2) is 0 Å². The molecule has 1 aromatic heterocycles. The number of hydrogen-bond donors (Lipinski definition) is 3. The number of benzene rings is 1. The van der Waals surface area contributed by atoms with Gasteiger partial charge in [-0.05, 0) is 23.8 Å². The average Bonchev–Trinajstić information content (AvgIpc) is 2.74. The molecule has 1 aliphatic rings. The van der Waals surface area contributed by atoms with E-state index in [9.17, 15) is 15.3 Å². The maximum absolute atomic E-state index is 9.94. The van der Waals surface area contributed by atoms with E-state index in [2.05, 4.69) is 0 Å². The molecule has 4 nitrogen and oxygen atoms in total. The van der Waals surface area contributed by atoms with Crippen LogP contribution in [0.15, 0.2) is 34.9 Å². The molecule has 0 aliphatic heterocycles. The molecule has 92 valence electrons. The number of phenolic OH excluding ortho intramolecular Hbond substituents is 1. The minimum absolute atomic E-state index is 0.122. The maximum atomic E-state index is 9.94. The Morgan fingerprint density at radius 1 is 1.11 bits per heavy atom. The minimum atomic E-state index is -0.712. The van der Waals surface area contributed by atoms with Crippen LogP contribution in [0.5, 0.6) is 5.75 Å². The van der Waals surface area contributed by atoms with Crippen molar-refractivity contribution in [1.29, 1.82) is 0 Å². The molecule has 4 heteroatoms. The van der Waals surface area contributed by atoms with Crippen LogP contribution in [0.2, 0.25) is 0 Å². The maximum Gasteiger partial charge on any atom is 0.136 e. The number of aromatic hydroxyl groups is 1. The summed E-state index contributed by atoms with van der Waals surface area (Å²) in [6, 6.07) is 6.65. The predicted octanol–water partition coefficient (Wildman–Crippen LogP) is 0.863. The van der Waals surface area contributed by atoms with Gasteiger partial charge in [-0.3, -0.25) is 0 Å². The Morgan fingerprint density at radius 3 is 2.56 bits per heavy atom. The standard InChI is InChI=1S/C14H12O4/c15-9-3-1-8(2-4-9)11-7-18-13-6-10(16)5-12(17)14(11)13/h1-4,6-7,10,15-17H,5H2/t10-/m1/s1. The third-order valence-corrected chi connectivity index (χ3v) is 3.03. The summed E-state index contributed by atoms with van der Waals surface area (Å²) in [5.74, 6) is 0.308. The minimum Gasteiger partial charge on any atom is -0.511 e. The summed E-state index contributed by atoms with van der Waals surface area (Å²) in [6.45, 7) is 0. The van der Waals surface area contributed by atoms with Gasteiger partial charge in [-0.2, -0.15) is 0 Å². The van der Waals surface area contributed by atoms with Crippen molar-refractivity contribution >= 4 is 11.8 Å². The van der Waals surface area contributed by atoms with Crippen molar-refractivity contribution in [2.24, 2.45) is 0 Å². The highest BCUT2D eigenvalue weighted by Gasteiger charge is 2.16. The van der Waals surface area contributed by atoms with Crippen molar-refractivity contribution < 1.29 is 19.7 Å². The summed E-state index contributed by atoms with van der Waals surface area (Å²) < 4.78 is 5.35. The van der Waals surface area contributed by atoms with Crippen LogP contribution in [-0.2, 0) is 0 Å². The Labute approximate surface area is 103 Å². The van der Waals surface area contributed by atoms with E-state index in [4.69, 9.17) is 4.42 Å². The first-order valence-corrected chi connectivity index (χ1v) is 5.64. The van der Waals surface area contributed by atoms with Crippen LogP contribution in [0.4, 0.5) is 0 Å². The lowest BCUT2D eigenvalue weighted by Gasteiger charge is -2.08. The summed E-state index contributed by atoms with van der Waals surface area (Å²) in [4.78, 5) is 0. The van der Waals surface area contributed by atoms with E-state index in [-0.39, 0.29) is 17.9 Å². The van der Waals surface area contributed by atoms with E-state index in [0.29, 0.717) is 10.6 Å². The van der Waals surface area contributed by atoms with Crippen LogP contribution in [-0.4, -0.2) is 21.4 Å². The molecule has 0 radical (unpaired) electrons. The molecule has 0 unspecified atom stereocenters. The Morgan fingerprint density at radius 2 is 1.83 bits per heavy atom. The quantitative estimate of drug-likeness (QED) is 0.695. The SMILES string of the molecule is OC1=c2c(-c3ccc(O)cc3)coc2=C[C@H](O)C1. The van der Waals surface area contributed by atoms with E-state index in [0.717, 1.165) is 11.1 Å². The molecule has 0 saturated heterocycles. The van der Waals surface area contributed by atoms with Crippen molar-refractivity contribution in [1.82, 2.24) is 0 Å². The van der Waals surface area contributed by atoms with Crippen LogP contribution < -0.4 is 10.6 Å². The van der Waals surface area contributed by atoms with E-state index in [1.54, 1.807) is 36.6 Å². The summed E-state index contributed by atoms with van der Waals surface area (Å²) in [6.07, 6.45) is 2.61. The van der Waals surface area contributed by atoms with Gasteiger partial charge in [0.15, 0.2) is 0 Å². The molecule has 1 heterocycles. The fourth-order valence-electron chi connectivity index (χ4n) is 2.18. The molecule has 0 spiro atoms. The van der Waals surface area contributed by atoms with E-state index < -0.39 is 6.10 Å². The van der Waals surface area contributed by atoms with Gasteiger partial charge in [-0.15, -0.1) is 0 Å². The number of rotatable bonds is 1. The first-order chi connectivity index (χ1) is 8.65. The number of furan rings is 1. The highest BCUT2D eigenvalue weighted by atomic mass is 16.3. The zero-order valence-electron chi connectivity index (χ0n) is 9.50. The lowest BCUT2D eigenvalue weighted by atomic mass is 10.0. The van der Waals surface area contributed by atoms with Crippen LogP contribution in [0.1, 0.15) is 6.42 Å². The summed E-state index contributed by atoms with van der Waals surface area (Å²) >= 11 is 0. The number of phenols is 1. The average molecular weight is 244 g/mol. The van der Waals surface area contributed by atoms with E-state index in [1.165, 1.54) is 0 Å². The van der Waals surface area contributed by atoms with E-state index >= 15 is 0 Å². The molecule has 3 rings (SSSR count). The largest absolute Gasteiger partial charge is 0.511 e. The molecule has 2 aromatic rings. The van der Waals surface area contributed by atoms with Gasteiger partial charge in [0.2, 0.25) is 0 Å². The molecule has 0 fully saturated rings. The van der Waals surface area contributed by atoms with Crippen molar-refractivity contribution in [2.45, 2.75) is 12.5 Å². The Bertz CT molecular complexity index is 694. The van der Waals surface area contributed by atoms with Gasteiger partial charge in [0.1, 0.15) is 16.9 Å². The van der Waals surface area contributed by atoms with Crippen LogP contribution in [0, 0.1) is 0 Å². The zero-order chi connectivity index (χ0) is 12.7. The highest BCUT2D eigenvalue weighted by molar-refractivity contribution is 5.67. The number of aliphatic hydroxyl groups is 2. The van der Waals surface area contributed by atoms with Gasteiger partial charge in [0.05, 0.1) is 17.6 Å². The Kier molecular flexibility index (Phi) is 2.38. The third kappa shape index (κ3) is 1.67. The van der Waals surface area contributed by atoms with Crippen LogP contribution in [0.3, 0.4) is 0 Å². The topological polar surface area (TPSA) is 73.8 Å². The Balaban J connectivity index is 2.25. The molecule has 1 atom stereocenters. The summed E-state index contributed by atoms with van der Waals surface area (Å²) in [7, 11) is 0. The van der Waals surface area contributed by atoms with Crippen molar-refractivity contribution in [2.75, 3.05) is 0 Å². The lowest BCUT2D eigenvalue weighted by molar-refractivity contribution is 0.228. The number of fused-ring (bicyclic) bond motifs is 1. The summed E-state index contributed by atoms with van der Waals surface area (Å²) in [5, 5.41) is 29.3. The fraction of sp³-hybridized carbons (Fsp3) is 0.143. The lowest BCUT2D eigenvalue weighted by Crippen LogP contribution is -2.31. The molecule has 1 aromatic carbocycles. The highest BCUT2D eigenvalue weighted by Crippen LogP contribution is 2.20. The Hall–Kier alpha value is -2.20. The molecule has 1 aliphatic carbocycles. The van der Waals surface area contributed by atoms with Gasteiger partial charge < -0.3 is 19.7 Å². The molecule has 3 N–H and O–H groups in total. The van der Waals surface area contributed by atoms with Crippen molar-refractivity contribution in [3.63, 3.8) is 0 Å². The van der Waals surface area contributed by atoms with Gasteiger partial charge in [-0.1, -0.05) is 12.1 Å². The molecular weight excluding hydrogens is 232 g/mol. The smallest absolute Gasteiger partial charge is 0.136 e. The summed E-state index contributed by atoms with van der Waals surface area (Å²) in [5.41, 5.74) is 2.08. The van der Waals surface area contributed by atoms with Gasteiger partial charge >= 0.3 is 0 Å². The molecule has 0 amide bonds. The van der Waals surface area contributed by atoms with Gasteiger partial charge in [0.25, 0.3) is 0 Å². The normalized spacial score (nSPS) is 18.3. The second-order valence-corrected chi connectivity index (χ2v) is 4.32. The second-order valence-electron chi connectivity index (χ2n) is 4.32. The van der Waals surface area contributed by atoms with Gasteiger partial charge in [0, 0.05) is 12.0 Å². The molecular formula is C14H12O4. The zero-order valence-corrected chi connectivity index (χ0v) is 9.50. The number of hydrogen-bond acceptors (Lipinski definition) is 4. The third-order valence-electron chi connectivity index (χ3n) is 3.03. The second kappa shape index (κ2) is 3.92. The molecule has 0 saturated carbocycles. The van der Waals surface area contributed by atoms with Crippen LogP contribution in [0.25, 0.3) is 23.0 Å². The predicted molar refractivity (Wildman–Crippen MR) is 66.2 cm³/mol. The first-order valence-electron chi connectivity index (χ1n) is 5.64. The van der Waals surface area contributed by atoms with E-state index in [1.807, 2.05) is 0 Å². The monoisotopic (exact) mass is 244 g/mol. The van der Waals surface area contributed by atoms with Crippen molar-refractivity contribution in [3.05, 3.63) is 41.2 Å².